The van der Waals surface area contributed by atoms with E-state index < -0.39 is 28.0 Å². The van der Waals surface area contributed by atoms with Crippen molar-refractivity contribution >= 4 is 0 Å². The van der Waals surface area contributed by atoms with Crippen molar-refractivity contribution in [3.63, 3.8) is 0 Å². The van der Waals surface area contributed by atoms with Crippen LogP contribution in [0.25, 0.3) is 0 Å². The van der Waals surface area contributed by atoms with Crippen LogP contribution in [0.5, 0.6) is 0 Å². The van der Waals surface area contributed by atoms with Gasteiger partial charge in [-0.05, 0) is 13.8 Å². The zero-order valence-corrected chi connectivity index (χ0v) is 7.47. The average molecular weight is 192 g/mol. The van der Waals surface area contributed by atoms with E-state index in [4.69, 9.17) is 0 Å². The van der Waals surface area contributed by atoms with Gasteiger partial charge in [0.05, 0.1) is 6.42 Å². The van der Waals surface area contributed by atoms with Gasteiger partial charge >= 0.3 is 0 Å². The number of nitrogens with zero attached hydrogens (tertiary/aromatic N) is 2. The summed E-state index contributed by atoms with van der Waals surface area (Å²) in [5.74, 6) is 0. The van der Waals surface area contributed by atoms with Crippen LogP contribution in [0, 0.1) is 20.2 Å². The third-order valence-corrected chi connectivity index (χ3v) is 1.66. The minimum absolute atomic E-state index is 0.260. The van der Waals surface area contributed by atoms with Gasteiger partial charge in [0.15, 0.2) is 0 Å². The zero-order valence-electron chi connectivity index (χ0n) is 7.47. The Kier molecular flexibility index (Phi) is 3.73. The molecule has 0 spiro atoms. The Balaban J connectivity index is 4.28. The van der Waals surface area contributed by atoms with Gasteiger partial charge in [0.1, 0.15) is 5.60 Å². The normalized spacial score (nSPS) is 13.8. The Morgan fingerprint density at radius 3 is 2.08 bits per heavy atom. The van der Waals surface area contributed by atoms with Gasteiger partial charge in [0, 0.05) is 9.85 Å². The van der Waals surface area contributed by atoms with E-state index in [0.717, 1.165) is 0 Å². The molecular formula is C6H12N2O5. The van der Waals surface area contributed by atoms with Crippen LogP contribution < -0.4 is 0 Å². The van der Waals surface area contributed by atoms with Crippen molar-refractivity contribution in [3.05, 3.63) is 20.2 Å². The molecule has 1 N–H and O–H groups in total. The summed E-state index contributed by atoms with van der Waals surface area (Å²) in [5, 5.41) is 29.6. The minimum Gasteiger partial charge on any atom is -0.383 e. The van der Waals surface area contributed by atoms with Crippen molar-refractivity contribution in [2.75, 3.05) is 6.54 Å². The first-order chi connectivity index (χ1) is 5.75. The van der Waals surface area contributed by atoms with Gasteiger partial charge in [-0.1, -0.05) is 0 Å². The Hall–Kier alpha value is -1.24. The van der Waals surface area contributed by atoms with Gasteiger partial charge in [0.2, 0.25) is 12.6 Å². The highest BCUT2D eigenvalue weighted by molar-refractivity contribution is 4.76. The molecule has 0 fully saturated rings. The van der Waals surface area contributed by atoms with E-state index in [1.54, 1.807) is 0 Å². The summed E-state index contributed by atoms with van der Waals surface area (Å²) in [6, 6.07) is -1.29. The second kappa shape index (κ2) is 4.13. The monoisotopic (exact) mass is 192 g/mol. The summed E-state index contributed by atoms with van der Waals surface area (Å²) < 4.78 is 0. The number of hydrogen-bond acceptors (Lipinski definition) is 5. The lowest BCUT2D eigenvalue weighted by Gasteiger charge is -2.20. The first-order valence-electron chi connectivity index (χ1n) is 3.73. The lowest BCUT2D eigenvalue weighted by molar-refractivity contribution is -0.558. The molecule has 7 heteroatoms. The fraction of sp³-hybridized carbons (Fsp3) is 1.00. The molecule has 0 aliphatic rings. The van der Waals surface area contributed by atoms with E-state index >= 15 is 0 Å². The van der Waals surface area contributed by atoms with E-state index in [-0.39, 0.29) is 6.42 Å². The van der Waals surface area contributed by atoms with Crippen molar-refractivity contribution in [1.29, 1.82) is 0 Å². The highest BCUT2D eigenvalue weighted by atomic mass is 16.6. The highest BCUT2D eigenvalue weighted by Gasteiger charge is 2.37. The lowest BCUT2D eigenvalue weighted by Crippen LogP contribution is -2.43. The topological polar surface area (TPSA) is 107 Å². The summed E-state index contributed by atoms with van der Waals surface area (Å²) in [6.45, 7) is 2.02. The van der Waals surface area contributed by atoms with Crippen LogP contribution in [0.3, 0.4) is 0 Å². The third kappa shape index (κ3) is 4.36. The molecule has 0 aliphatic heterocycles. The average Bonchev–Trinajstić information content (AvgIpc) is 1.81. The van der Waals surface area contributed by atoms with E-state index in [0.29, 0.717) is 0 Å². The smallest absolute Gasteiger partial charge is 0.247 e. The number of aliphatic hydroxyl groups is 1. The molecule has 0 saturated carbocycles. The fourth-order valence-electron chi connectivity index (χ4n) is 0.944. The Morgan fingerprint density at radius 1 is 1.38 bits per heavy atom. The predicted octanol–water partition coefficient (Wildman–Crippen LogP) is 0.0694. The van der Waals surface area contributed by atoms with Crippen LogP contribution in [-0.2, 0) is 0 Å². The molecule has 0 aliphatic carbocycles. The van der Waals surface area contributed by atoms with Crippen molar-refractivity contribution in [3.8, 4) is 0 Å². The molecule has 0 heterocycles. The maximum atomic E-state index is 10.4. The molecule has 0 amide bonds. The second-order valence-corrected chi connectivity index (χ2v) is 3.30. The van der Waals surface area contributed by atoms with Crippen molar-refractivity contribution in [1.82, 2.24) is 0 Å². The maximum absolute atomic E-state index is 10.4. The SMILES string of the molecule is CC(C)(O)C(CC[N+](=O)[O-])[N+](=O)[O-]. The van der Waals surface area contributed by atoms with E-state index in [1.165, 1.54) is 13.8 Å². The molecule has 0 bridgehead atoms. The Morgan fingerprint density at radius 2 is 1.85 bits per heavy atom. The van der Waals surface area contributed by atoms with E-state index in [9.17, 15) is 25.3 Å². The quantitative estimate of drug-likeness (QED) is 0.490. The molecule has 1 unspecified atom stereocenters. The summed E-state index contributed by atoms with van der Waals surface area (Å²) in [6.07, 6.45) is -0.260. The van der Waals surface area contributed by atoms with Gasteiger partial charge in [-0.25, -0.2) is 0 Å². The standard InChI is InChI=1S/C6H12N2O5/c1-6(2,9)5(8(12)13)3-4-7(10)11/h5,9H,3-4H2,1-2H3. The van der Waals surface area contributed by atoms with Crippen LogP contribution in [0.1, 0.15) is 20.3 Å². The van der Waals surface area contributed by atoms with E-state index in [2.05, 4.69) is 0 Å². The fourth-order valence-corrected chi connectivity index (χ4v) is 0.944. The first kappa shape index (κ1) is 11.8. The van der Waals surface area contributed by atoms with E-state index in [1.807, 2.05) is 0 Å². The maximum Gasteiger partial charge on any atom is 0.247 e. The van der Waals surface area contributed by atoms with Gasteiger partial charge in [-0.15, -0.1) is 0 Å². The van der Waals surface area contributed by atoms with Gasteiger partial charge in [-0.2, -0.15) is 0 Å². The van der Waals surface area contributed by atoms with Crippen molar-refractivity contribution < 1.29 is 15.0 Å². The van der Waals surface area contributed by atoms with Crippen LogP contribution >= 0.6 is 0 Å². The number of nitro groups is 2. The zero-order chi connectivity index (χ0) is 10.6. The van der Waals surface area contributed by atoms with Gasteiger partial charge < -0.3 is 5.11 Å². The van der Waals surface area contributed by atoms with Crippen LogP contribution in [0.15, 0.2) is 0 Å². The molecule has 0 aromatic rings. The Bertz CT molecular complexity index is 210. The number of hydrogen-bond donors (Lipinski definition) is 1. The summed E-state index contributed by atoms with van der Waals surface area (Å²) >= 11 is 0. The van der Waals surface area contributed by atoms with Gasteiger partial charge in [0.25, 0.3) is 0 Å². The molecule has 0 rings (SSSR count). The summed E-state index contributed by atoms with van der Waals surface area (Å²) in [7, 11) is 0. The highest BCUT2D eigenvalue weighted by Crippen LogP contribution is 2.14. The largest absolute Gasteiger partial charge is 0.383 e. The predicted molar refractivity (Wildman–Crippen MR) is 43.6 cm³/mol. The molecule has 76 valence electrons. The van der Waals surface area contributed by atoms with Gasteiger partial charge in [-0.3, -0.25) is 20.2 Å². The molecule has 0 aromatic carbocycles. The first-order valence-corrected chi connectivity index (χ1v) is 3.73. The summed E-state index contributed by atoms with van der Waals surface area (Å²) in [4.78, 5) is 19.0. The molecule has 13 heavy (non-hydrogen) atoms. The van der Waals surface area contributed by atoms with Crippen LogP contribution in [-0.4, -0.2) is 33.1 Å². The molecular weight excluding hydrogens is 180 g/mol. The third-order valence-electron chi connectivity index (χ3n) is 1.66. The van der Waals surface area contributed by atoms with Crippen LogP contribution in [0.4, 0.5) is 0 Å². The molecule has 1 atom stereocenters. The lowest BCUT2D eigenvalue weighted by atomic mass is 9.97. The molecule has 0 saturated heterocycles. The van der Waals surface area contributed by atoms with Crippen molar-refractivity contribution in [2.24, 2.45) is 0 Å². The Labute approximate surface area is 74.7 Å². The second-order valence-electron chi connectivity index (χ2n) is 3.30. The molecule has 0 radical (unpaired) electrons. The van der Waals surface area contributed by atoms with Crippen LogP contribution in [0.2, 0.25) is 0 Å². The number of rotatable bonds is 5. The molecule has 0 aromatic heterocycles. The molecule has 7 nitrogen and oxygen atoms in total. The van der Waals surface area contributed by atoms with Crippen molar-refractivity contribution in [2.45, 2.75) is 31.9 Å². The minimum atomic E-state index is -1.53. The summed E-state index contributed by atoms with van der Waals surface area (Å²) in [5.41, 5.74) is -1.53.